The van der Waals surface area contributed by atoms with E-state index in [9.17, 15) is 15.3 Å². The molecular formula is C24H23N5O3. The smallest absolute Gasteiger partial charge is 0.344 e. The lowest BCUT2D eigenvalue weighted by Gasteiger charge is -2.21. The number of hydrazone groups is 1. The van der Waals surface area contributed by atoms with Gasteiger partial charge in [-0.25, -0.2) is 9.80 Å². The summed E-state index contributed by atoms with van der Waals surface area (Å²) in [4.78, 5) is 11.6. The predicted octanol–water partition coefficient (Wildman–Crippen LogP) is 3.22. The molecular weight excluding hydrogens is 406 g/mol. The van der Waals surface area contributed by atoms with E-state index in [1.165, 1.54) is 0 Å². The number of nitrogens with two attached hydrogens (primary N) is 1. The van der Waals surface area contributed by atoms with E-state index < -0.39 is 18.1 Å². The molecule has 0 saturated carbocycles. The zero-order valence-corrected chi connectivity index (χ0v) is 17.8. The average molecular weight is 429 g/mol. The third-order valence-corrected chi connectivity index (χ3v) is 4.61. The number of nitrogens with zero attached hydrogens (tertiary/aromatic N) is 4. The summed E-state index contributed by atoms with van der Waals surface area (Å²) in [5.41, 5.74) is 8.27. The lowest BCUT2D eigenvalue weighted by molar-refractivity contribution is -0.149. The Morgan fingerprint density at radius 2 is 1.88 bits per heavy atom. The van der Waals surface area contributed by atoms with Crippen molar-refractivity contribution < 1.29 is 14.3 Å². The molecule has 8 heteroatoms. The number of para-hydroxylation sites is 1. The summed E-state index contributed by atoms with van der Waals surface area (Å²) in [5.74, 6) is -0.709. The predicted molar refractivity (Wildman–Crippen MR) is 120 cm³/mol. The molecule has 2 atom stereocenters. The highest BCUT2D eigenvalue weighted by atomic mass is 16.6. The largest absolute Gasteiger partial charge is 0.482 e. The van der Waals surface area contributed by atoms with Crippen molar-refractivity contribution in [2.45, 2.75) is 26.1 Å². The van der Waals surface area contributed by atoms with Gasteiger partial charge in [-0.1, -0.05) is 30.3 Å². The number of carbonyl (C=O) groups excluding carboxylic acids is 1. The van der Waals surface area contributed by atoms with Crippen LogP contribution in [0.3, 0.4) is 0 Å². The number of ether oxygens (including phenoxy) is 2. The first-order chi connectivity index (χ1) is 15.4. The average Bonchev–Trinajstić information content (AvgIpc) is 3.13. The molecule has 0 unspecified atom stereocenters. The molecule has 2 aromatic rings. The zero-order chi connectivity index (χ0) is 23.1. The topological polar surface area (TPSA) is 125 Å². The van der Waals surface area contributed by atoms with Gasteiger partial charge in [0.05, 0.1) is 29.1 Å². The molecule has 0 radical (unpaired) electrons. The summed E-state index contributed by atoms with van der Waals surface area (Å²) in [7, 11) is 0. The van der Waals surface area contributed by atoms with Gasteiger partial charge in [0.25, 0.3) is 0 Å². The van der Waals surface area contributed by atoms with Crippen molar-refractivity contribution in [1.82, 2.24) is 0 Å². The van der Waals surface area contributed by atoms with Crippen LogP contribution in [-0.2, 0) is 9.53 Å². The van der Waals surface area contributed by atoms with Crippen LogP contribution in [0.15, 0.2) is 65.3 Å². The highest BCUT2D eigenvalue weighted by Crippen LogP contribution is 2.28. The Balaban J connectivity index is 1.78. The first-order valence-corrected chi connectivity index (χ1v) is 10.1. The second-order valence-electron chi connectivity index (χ2n) is 7.33. The molecule has 0 aliphatic carbocycles. The SMILES string of the molecule is CC(C)OC(=O)COc1ccc(/C=C(/C#N)C2=NN(c3ccccc3)[C@@H](N)[C@@H]2C#N)cc1. The lowest BCUT2D eigenvalue weighted by atomic mass is 9.95. The molecule has 2 aromatic carbocycles. The highest BCUT2D eigenvalue weighted by Gasteiger charge is 2.37. The second kappa shape index (κ2) is 10.3. The fraction of sp³-hybridized carbons (Fsp3) is 0.250. The minimum Gasteiger partial charge on any atom is -0.482 e. The molecule has 0 fully saturated rings. The quantitative estimate of drug-likeness (QED) is 0.529. The second-order valence-corrected chi connectivity index (χ2v) is 7.33. The summed E-state index contributed by atoms with van der Waals surface area (Å²) < 4.78 is 10.4. The van der Waals surface area contributed by atoms with Crippen LogP contribution in [0.25, 0.3) is 6.08 Å². The zero-order valence-electron chi connectivity index (χ0n) is 17.8. The van der Waals surface area contributed by atoms with Gasteiger partial charge in [-0.15, -0.1) is 0 Å². The van der Waals surface area contributed by atoms with Gasteiger partial charge in [-0.05, 0) is 49.8 Å². The van der Waals surface area contributed by atoms with Crippen molar-refractivity contribution in [3.63, 3.8) is 0 Å². The first-order valence-electron chi connectivity index (χ1n) is 10.1. The number of hydrogen-bond donors (Lipinski definition) is 1. The molecule has 1 aliphatic rings. The monoisotopic (exact) mass is 429 g/mol. The summed E-state index contributed by atoms with van der Waals surface area (Å²) in [6, 6.07) is 20.4. The molecule has 3 rings (SSSR count). The lowest BCUT2D eigenvalue weighted by Crippen LogP contribution is -2.40. The molecule has 32 heavy (non-hydrogen) atoms. The summed E-state index contributed by atoms with van der Waals surface area (Å²) in [6.07, 6.45) is 0.737. The van der Waals surface area contributed by atoms with Crippen molar-refractivity contribution in [2.75, 3.05) is 11.6 Å². The summed E-state index contributed by atoms with van der Waals surface area (Å²) in [5, 5.41) is 25.4. The van der Waals surface area contributed by atoms with Gasteiger partial charge >= 0.3 is 5.97 Å². The van der Waals surface area contributed by atoms with E-state index in [0.29, 0.717) is 17.0 Å². The number of allylic oxidation sites excluding steroid dienone is 1. The maximum absolute atomic E-state index is 11.6. The van der Waals surface area contributed by atoms with Gasteiger partial charge in [0, 0.05) is 0 Å². The van der Waals surface area contributed by atoms with E-state index >= 15 is 0 Å². The minimum atomic E-state index is -0.754. The molecule has 0 aromatic heterocycles. The standard InChI is InChI=1S/C24H23N5O3/c1-16(2)32-22(30)15-31-20-10-8-17(9-11-20)12-18(13-25)23-21(14-26)24(27)29(28-23)19-6-4-3-5-7-19/h3-12,16,21,24H,15,27H2,1-2H3/b18-12-/t21-,24-/m1/s1. The maximum atomic E-state index is 11.6. The van der Waals surface area contributed by atoms with Crippen LogP contribution in [0, 0.1) is 28.6 Å². The molecule has 0 spiro atoms. The molecule has 1 heterocycles. The van der Waals surface area contributed by atoms with E-state index in [4.69, 9.17) is 15.2 Å². The Bertz CT molecular complexity index is 1100. The molecule has 162 valence electrons. The summed E-state index contributed by atoms with van der Waals surface area (Å²) in [6.45, 7) is 3.34. The van der Waals surface area contributed by atoms with E-state index in [1.54, 1.807) is 49.2 Å². The van der Waals surface area contributed by atoms with Crippen LogP contribution in [0.1, 0.15) is 19.4 Å². The van der Waals surface area contributed by atoms with Gasteiger partial charge in [0.1, 0.15) is 23.9 Å². The van der Waals surface area contributed by atoms with Crippen LogP contribution in [0.2, 0.25) is 0 Å². The Morgan fingerprint density at radius 1 is 1.19 bits per heavy atom. The van der Waals surface area contributed by atoms with Gasteiger partial charge in [-0.2, -0.15) is 15.6 Å². The molecule has 0 saturated heterocycles. The number of rotatable bonds is 7. The van der Waals surface area contributed by atoms with Crippen LogP contribution in [-0.4, -0.2) is 30.6 Å². The van der Waals surface area contributed by atoms with Crippen molar-refractivity contribution >= 4 is 23.4 Å². The normalized spacial score (nSPS) is 18.0. The van der Waals surface area contributed by atoms with Crippen LogP contribution in [0.4, 0.5) is 5.69 Å². The van der Waals surface area contributed by atoms with E-state index in [2.05, 4.69) is 17.2 Å². The molecule has 1 aliphatic heterocycles. The fourth-order valence-corrected chi connectivity index (χ4v) is 3.15. The van der Waals surface area contributed by atoms with E-state index in [0.717, 1.165) is 5.69 Å². The van der Waals surface area contributed by atoms with Gasteiger partial charge in [-0.3, -0.25) is 0 Å². The Labute approximate surface area is 186 Å². The number of anilines is 1. The van der Waals surface area contributed by atoms with Crippen molar-refractivity contribution in [3.05, 3.63) is 65.7 Å². The summed E-state index contributed by atoms with van der Waals surface area (Å²) >= 11 is 0. The molecule has 8 nitrogen and oxygen atoms in total. The third kappa shape index (κ3) is 5.31. The van der Waals surface area contributed by atoms with E-state index in [1.807, 2.05) is 30.3 Å². The number of carbonyl (C=O) groups is 1. The van der Waals surface area contributed by atoms with Crippen molar-refractivity contribution in [1.29, 1.82) is 10.5 Å². The minimum absolute atomic E-state index is 0.190. The molecule has 0 bridgehead atoms. The van der Waals surface area contributed by atoms with E-state index in [-0.39, 0.29) is 18.3 Å². The third-order valence-electron chi connectivity index (χ3n) is 4.61. The number of hydrogen-bond acceptors (Lipinski definition) is 8. The van der Waals surface area contributed by atoms with Crippen LogP contribution in [0.5, 0.6) is 5.75 Å². The van der Waals surface area contributed by atoms with Gasteiger partial charge < -0.3 is 15.2 Å². The first kappa shape index (κ1) is 22.5. The fourth-order valence-electron chi connectivity index (χ4n) is 3.15. The number of nitriles is 2. The van der Waals surface area contributed by atoms with Crippen molar-refractivity contribution in [3.8, 4) is 17.9 Å². The Kier molecular flexibility index (Phi) is 7.22. The van der Waals surface area contributed by atoms with Crippen LogP contribution >= 0.6 is 0 Å². The Morgan fingerprint density at radius 3 is 2.47 bits per heavy atom. The number of benzene rings is 2. The van der Waals surface area contributed by atoms with Gasteiger partial charge in [0.2, 0.25) is 0 Å². The number of esters is 1. The maximum Gasteiger partial charge on any atom is 0.344 e. The van der Waals surface area contributed by atoms with Crippen molar-refractivity contribution in [2.24, 2.45) is 16.8 Å². The highest BCUT2D eigenvalue weighted by molar-refractivity contribution is 6.11. The molecule has 2 N–H and O–H groups in total. The molecule has 0 amide bonds. The van der Waals surface area contributed by atoms with Crippen LogP contribution < -0.4 is 15.5 Å². The Hall–Kier alpha value is -4.14. The van der Waals surface area contributed by atoms with Gasteiger partial charge in [0.15, 0.2) is 6.61 Å².